The molecule has 1 N–H and O–H groups in total. The molecular formula is C11H13Cl2N5O. The summed E-state index contributed by atoms with van der Waals surface area (Å²) >= 11 is 11.8. The van der Waals surface area contributed by atoms with E-state index in [2.05, 4.69) is 15.5 Å². The van der Waals surface area contributed by atoms with Crippen molar-refractivity contribution in [1.29, 1.82) is 0 Å². The summed E-state index contributed by atoms with van der Waals surface area (Å²) in [7, 11) is 1.77. The van der Waals surface area contributed by atoms with Gasteiger partial charge < -0.3 is 5.32 Å². The second-order valence-electron chi connectivity index (χ2n) is 4.10. The molecule has 0 aromatic carbocycles. The van der Waals surface area contributed by atoms with Crippen LogP contribution in [0, 0.1) is 6.92 Å². The van der Waals surface area contributed by atoms with Gasteiger partial charge in [0.05, 0.1) is 34.2 Å². The number of aromatic nitrogens is 4. The minimum absolute atomic E-state index is 0.114. The molecule has 1 amide bonds. The fourth-order valence-electron chi connectivity index (χ4n) is 1.59. The third-order valence-corrected chi connectivity index (χ3v) is 3.34. The van der Waals surface area contributed by atoms with Gasteiger partial charge in [-0.05, 0) is 6.92 Å². The predicted molar refractivity (Wildman–Crippen MR) is 72.0 cm³/mol. The molecule has 2 rings (SSSR count). The fraction of sp³-hybridized carbons (Fsp3) is 0.364. The number of amides is 1. The SMILES string of the molecule is Cc1nn(CC(=O)NCc2c(Cl)cnn2C)cc1Cl. The lowest BCUT2D eigenvalue weighted by atomic mass is 10.4. The predicted octanol–water partition coefficient (Wildman–Crippen LogP) is 1.55. The first-order valence-electron chi connectivity index (χ1n) is 5.60. The van der Waals surface area contributed by atoms with Crippen LogP contribution in [0.15, 0.2) is 12.4 Å². The first-order valence-corrected chi connectivity index (χ1v) is 6.35. The van der Waals surface area contributed by atoms with E-state index in [9.17, 15) is 4.79 Å². The van der Waals surface area contributed by atoms with Gasteiger partial charge in [0.1, 0.15) is 6.54 Å². The summed E-state index contributed by atoms with van der Waals surface area (Å²) in [5.41, 5.74) is 1.45. The Kier molecular flexibility index (Phi) is 4.11. The van der Waals surface area contributed by atoms with Crippen LogP contribution in [0.3, 0.4) is 0 Å². The Bertz CT molecular complexity index is 565. The molecular weight excluding hydrogens is 289 g/mol. The Morgan fingerprint density at radius 3 is 2.68 bits per heavy atom. The molecule has 2 heterocycles. The maximum Gasteiger partial charge on any atom is 0.242 e. The van der Waals surface area contributed by atoms with E-state index >= 15 is 0 Å². The third-order valence-electron chi connectivity index (χ3n) is 2.66. The highest BCUT2D eigenvalue weighted by Crippen LogP contribution is 2.13. The molecule has 0 unspecified atom stereocenters. The summed E-state index contributed by atoms with van der Waals surface area (Å²) in [6.45, 7) is 2.22. The Labute approximate surface area is 120 Å². The van der Waals surface area contributed by atoms with Crippen LogP contribution in [0.2, 0.25) is 10.0 Å². The smallest absolute Gasteiger partial charge is 0.242 e. The number of rotatable bonds is 4. The summed E-state index contributed by atoms with van der Waals surface area (Å²) < 4.78 is 3.12. The number of carbonyl (C=O) groups is 1. The van der Waals surface area contributed by atoms with Crippen molar-refractivity contribution in [3.05, 3.63) is 33.8 Å². The zero-order valence-electron chi connectivity index (χ0n) is 10.5. The summed E-state index contributed by atoms with van der Waals surface area (Å²) in [5.74, 6) is -0.170. The van der Waals surface area contributed by atoms with Gasteiger partial charge in [-0.2, -0.15) is 10.2 Å². The van der Waals surface area contributed by atoms with Gasteiger partial charge in [0.15, 0.2) is 0 Å². The topological polar surface area (TPSA) is 64.7 Å². The molecule has 2 aromatic heterocycles. The van der Waals surface area contributed by atoms with Crippen molar-refractivity contribution in [2.75, 3.05) is 0 Å². The van der Waals surface area contributed by atoms with Crippen molar-refractivity contribution in [2.24, 2.45) is 7.05 Å². The van der Waals surface area contributed by atoms with Crippen molar-refractivity contribution in [3.63, 3.8) is 0 Å². The zero-order chi connectivity index (χ0) is 14.0. The van der Waals surface area contributed by atoms with Crippen molar-refractivity contribution in [1.82, 2.24) is 24.9 Å². The largest absolute Gasteiger partial charge is 0.349 e. The number of hydrogen-bond acceptors (Lipinski definition) is 3. The van der Waals surface area contributed by atoms with Crippen LogP contribution in [0.4, 0.5) is 0 Å². The molecule has 0 aliphatic heterocycles. The maximum atomic E-state index is 11.8. The molecule has 0 aliphatic rings. The van der Waals surface area contributed by atoms with E-state index in [0.29, 0.717) is 22.3 Å². The lowest BCUT2D eigenvalue weighted by Crippen LogP contribution is -2.28. The van der Waals surface area contributed by atoms with E-state index in [1.807, 2.05) is 0 Å². The fourth-order valence-corrected chi connectivity index (χ4v) is 1.98. The number of aryl methyl sites for hydroxylation is 2. The van der Waals surface area contributed by atoms with Gasteiger partial charge in [0.2, 0.25) is 5.91 Å². The van der Waals surface area contributed by atoms with E-state index in [0.717, 1.165) is 5.69 Å². The van der Waals surface area contributed by atoms with E-state index in [4.69, 9.17) is 23.2 Å². The van der Waals surface area contributed by atoms with E-state index in [-0.39, 0.29) is 12.5 Å². The standard InChI is InChI=1S/C11H13Cl2N5O/c1-7-9(13)5-18(16-7)6-11(19)14-4-10-8(12)3-15-17(10)2/h3,5H,4,6H2,1-2H3,(H,14,19). The lowest BCUT2D eigenvalue weighted by molar-refractivity contribution is -0.122. The molecule has 19 heavy (non-hydrogen) atoms. The Balaban J connectivity index is 1.92. The molecule has 0 saturated carbocycles. The molecule has 0 aliphatic carbocycles. The molecule has 0 saturated heterocycles. The van der Waals surface area contributed by atoms with Crippen molar-refractivity contribution < 1.29 is 4.79 Å². The molecule has 0 bridgehead atoms. The van der Waals surface area contributed by atoms with Gasteiger partial charge in [-0.3, -0.25) is 14.2 Å². The maximum absolute atomic E-state index is 11.8. The summed E-state index contributed by atoms with van der Waals surface area (Å²) in [4.78, 5) is 11.8. The minimum atomic E-state index is -0.170. The van der Waals surface area contributed by atoms with Crippen LogP contribution < -0.4 is 5.32 Å². The van der Waals surface area contributed by atoms with Crippen LogP contribution in [-0.2, 0) is 24.9 Å². The van der Waals surface area contributed by atoms with Gasteiger partial charge in [-0.15, -0.1) is 0 Å². The molecule has 8 heteroatoms. The van der Waals surface area contributed by atoms with Crippen LogP contribution >= 0.6 is 23.2 Å². The van der Waals surface area contributed by atoms with Gasteiger partial charge in [0.25, 0.3) is 0 Å². The second-order valence-corrected chi connectivity index (χ2v) is 4.91. The van der Waals surface area contributed by atoms with E-state index in [1.54, 1.807) is 31.0 Å². The number of carbonyl (C=O) groups excluding carboxylic acids is 1. The van der Waals surface area contributed by atoms with E-state index < -0.39 is 0 Å². The average Bonchev–Trinajstić information content (AvgIpc) is 2.81. The second kappa shape index (κ2) is 5.63. The monoisotopic (exact) mass is 301 g/mol. The zero-order valence-corrected chi connectivity index (χ0v) is 12.0. The van der Waals surface area contributed by atoms with Crippen molar-refractivity contribution >= 4 is 29.1 Å². The summed E-state index contributed by atoms with van der Waals surface area (Å²) in [6.07, 6.45) is 3.16. The van der Waals surface area contributed by atoms with Gasteiger partial charge in [0, 0.05) is 13.2 Å². The van der Waals surface area contributed by atoms with Crippen LogP contribution in [0.25, 0.3) is 0 Å². The molecule has 0 fully saturated rings. The van der Waals surface area contributed by atoms with Crippen LogP contribution in [0.1, 0.15) is 11.4 Å². The molecule has 0 spiro atoms. The highest BCUT2D eigenvalue weighted by atomic mass is 35.5. The number of hydrogen-bond donors (Lipinski definition) is 1. The van der Waals surface area contributed by atoms with Gasteiger partial charge in [-0.1, -0.05) is 23.2 Å². The van der Waals surface area contributed by atoms with Crippen LogP contribution in [0.5, 0.6) is 0 Å². The molecule has 102 valence electrons. The highest BCUT2D eigenvalue weighted by molar-refractivity contribution is 6.31. The van der Waals surface area contributed by atoms with Gasteiger partial charge in [-0.25, -0.2) is 0 Å². The molecule has 0 radical (unpaired) electrons. The van der Waals surface area contributed by atoms with Crippen molar-refractivity contribution in [2.45, 2.75) is 20.0 Å². The summed E-state index contributed by atoms with van der Waals surface area (Å²) in [5, 5.41) is 11.9. The molecule has 0 atom stereocenters. The van der Waals surface area contributed by atoms with Gasteiger partial charge >= 0.3 is 0 Å². The average molecular weight is 302 g/mol. The quantitative estimate of drug-likeness (QED) is 0.932. The number of nitrogens with one attached hydrogen (secondary N) is 1. The first kappa shape index (κ1) is 13.9. The molecule has 6 nitrogen and oxygen atoms in total. The summed E-state index contributed by atoms with van der Waals surface area (Å²) in [6, 6.07) is 0. The third kappa shape index (κ3) is 3.27. The first-order chi connectivity index (χ1) is 8.97. The minimum Gasteiger partial charge on any atom is -0.349 e. The number of halogens is 2. The van der Waals surface area contributed by atoms with Crippen LogP contribution in [-0.4, -0.2) is 25.5 Å². The Morgan fingerprint density at radius 1 is 1.42 bits per heavy atom. The highest BCUT2D eigenvalue weighted by Gasteiger charge is 2.10. The van der Waals surface area contributed by atoms with Crippen molar-refractivity contribution in [3.8, 4) is 0 Å². The van der Waals surface area contributed by atoms with E-state index in [1.165, 1.54) is 4.68 Å². The Morgan fingerprint density at radius 2 is 2.16 bits per heavy atom. The Hall–Kier alpha value is -1.53. The normalized spacial score (nSPS) is 10.7. The molecule has 2 aromatic rings. The lowest BCUT2D eigenvalue weighted by Gasteiger charge is -2.06. The number of nitrogens with zero attached hydrogens (tertiary/aromatic N) is 4.